The van der Waals surface area contributed by atoms with Gasteiger partial charge in [-0.3, -0.25) is 0 Å². The molecule has 0 aromatic carbocycles. The van der Waals surface area contributed by atoms with Gasteiger partial charge in [0.05, 0.1) is 0 Å². The van der Waals surface area contributed by atoms with Crippen LogP contribution in [-0.2, 0) is 0 Å². The molecule has 4 aliphatic rings. The van der Waals surface area contributed by atoms with Gasteiger partial charge in [0, 0.05) is 5.38 Å². The fraction of sp³-hybridized carbons (Fsp3) is 1.00. The second-order valence-electron chi connectivity index (χ2n) is 4.07. The Morgan fingerprint density at radius 3 is 2.00 bits per heavy atom. The molecule has 4 bridgehead atoms. The summed E-state index contributed by atoms with van der Waals surface area (Å²) in [5, 5.41) is 0.398. The summed E-state index contributed by atoms with van der Waals surface area (Å²) < 4.78 is 0. The summed E-state index contributed by atoms with van der Waals surface area (Å²) in [6.07, 6.45) is 1.30. The van der Waals surface area contributed by atoms with Crippen LogP contribution in [0.4, 0.5) is 0 Å². The van der Waals surface area contributed by atoms with Crippen LogP contribution < -0.4 is 0 Å². The van der Waals surface area contributed by atoms with Crippen LogP contribution in [0.15, 0.2) is 0 Å². The van der Waals surface area contributed by atoms with Gasteiger partial charge in [0.25, 0.3) is 0 Å². The molecule has 4 rings (SSSR count). The fourth-order valence-electron chi connectivity index (χ4n) is 3.47. The lowest BCUT2D eigenvalue weighted by Gasteiger charge is -2.14. The molecule has 0 saturated heterocycles. The van der Waals surface area contributed by atoms with E-state index in [-0.39, 0.29) is 5.54 Å². The van der Waals surface area contributed by atoms with Gasteiger partial charge in [0.2, 0.25) is 0 Å². The minimum atomic E-state index is -0.177. The predicted molar refractivity (Wildman–Crippen MR) is 49.4 cm³/mol. The Kier molecular flexibility index (Phi) is 1.37. The fourth-order valence-corrected chi connectivity index (χ4v) is 4.81. The third kappa shape index (κ3) is 0.715. The molecule has 0 aromatic rings. The van der Waals surface area contributed by atoms with Gasteiger partial charge in [-0.25, -0.2) is 0 Å². The smallest absolute Gasteiger partial charge is 0.171 e. The molecule has 0 radical (unpaired) electrons. The van der Waals surface area contributed by atoms with E-state index >= 15 is 0 Å². The molecule has 4 fully saturated rings. The highest BCUT2D eigenvalue weighted by atomic mass is 35.5. The molecule has 0 N–H and O–H groups in total. The second kappa shape index (κ2) is 2.05. The van der Waals surface area contributed by atoms with Gasteiger partial charge in [-0.15, -0.1) is 11.6 Å². The van der Waals surface area contributed by atoms with Crippen molar-refractivity contribution in [1.82, 2.24) is 0 Å². The molecule has 4 saturated carbocycles. The van der Waals surface area contributed by atoms with Gasteiger partial charge < -0.3 is 0 Å². The van der Waals surface area contributed by atoms with Crippen molar-refractivity contribution in [3.63, 3.8) is 0 Å². The van der Waals surface area contributed by atoms with Crippen LogP contribution in [0.2, 0.25) is 5.82 Å². The second-order valence-corrected chi connectivity index (χ2v) is 5.74. The quantitative estimate of drug-likeness (QED) is 0.460. The Morgan fingerprint density at radius 2 is 1.82 bits per heavy atom. The third-order valence-corrected chi connectivity index (χ3v) is 5.04. The summed E-state index contributed by atoms with van der Waals surface area (Å²) in [7, 11) is 0. The Balaban J connectivity index is 1.92. The summed E-state index contributed by atoms with van der Waals surface area (Å²) in [5.41, 5.74) is -0.177. The van der Waals surface area contributed by atoms with Gasteiger partial charge in [0.1, 0.15) is 0 Å². The van der Waals surface area contributed by atoms with Gasteiger partial charge in [-0.2, -0.15) is 22.9 Å². The van der Waals surface area contributed by atoms with Gasteiger partial charge >= 0.3 is 5.54 Å². The Morgan fingerprint density at radius 1 is 1.09 bits per heavy atom. The molecule has 0 spiro atoms. The molecule has 6 unspecified atom stereocenters. The zero-order valence-electron chi connectivity index (χ0n) is 5.88. The lowest BCUT2D eigenvalue weighted by Crippen LogP contribution is -2.15. The highest BCUT2D eigenvalue weighted by Crippen LogP contribution is 2.78. The molecule has 4 aliphatic carbocycles. The minimum absolute atomic E-state index is 0.177. The first-order chi connectivity index (χ1) is 5.22. The standard InChI is InChI=1S/C7H8BCl3/c9-7-3-1-2-4(5(2)7)6(3)8(10)11/h2-7H,1H2. The van der Waals surface area contributed by atoms with Crippen molar-refractivity contribution < 1.29 is 0 Å². The van der Waals surface area contributed by atoms with E-state index in [1.54, 1.807) is 0 Å². The minimum Gasteiger partial charge on any atom is -0.171 e. The molecular weight excluding hydrogens is 201 g/mol. The van der Waals surface area contributed by atoms with Gasteiger partial charge in [-0.1, -0.05) is 0 Å². The topological polar surface area (TPSA) is 0 Å². The first kappa shape index (κ1) is 7.35. The highest BCUT2D eigenvalue weighted by molar-refractivity contribution is 7.34. The van der Waals surface area contributed by atoms with Crippen LogP contribution in [0.3, 0.4) is 0 Å². The largest absolute Gasteiger partial charge is 0.355 e. The van der Waals surface area contributed by atoms with E-state index in [1.165, 1.54) is 6.42 Å². The molecule has 0 aromatic heterocycles. The van der Waals surface area contributed by atoms with E-state index in [2.05, 4.69) is 0 Å². The molecule has 0 heterocycles. The summed E-state index contributed by atoms with van der Waals surface area (Å²) >= 11 is 18.0. The van der Waals surface area contributed by atoms with E-state index in [0.29, 0.717) is 17.1 Å². The molecule has 0 amide bonds. The molecule has 4 heteroatoms. The van der Waals surface area contributed by atoms with E-state index in [9.17, 15) is 0 Å². The number of halogens is 3. The Labute approximate surface area is 81.5 Å². The zero-order valence-corrected chi connectivity index (χ0v) is 8.15. The number of rotatable bonds is 1. The third-order valence-electron chi connectivity index (χ3n) is 3.84. The summed E-state index contributed by atoms with van der Waals surface area (Å²) in [6, 6.07) is 0. The normalized spacial score (nSPS) is 63.5. The first-order valence-electron chi connectivity index (χ1n) is 4.14. The van der Waals surface area contributed by atoms with E-state index in [4.69, 9.17) is 34.5 Å². The van der Waals surface area contributed by atoms with Crippen molar-refractivity contribution in [1.29, 1.82) is 0 Å². The van der Waals surface area contributed by atoms with Crippen LogP contribution in [0.25, 0.3) is 0 Å². The molecule has 6 atom stereocenters. The zero-order chi connectivity index (χ0) is 7.75. The maximum atomic E-state index is 6.22. The highest BCUT2D eigenvalue weighted by Gasteiger charge is 2.74. The van der Waals surface area contributed by atoms with Crippen LogP contribution in [0, 0.1) is 23.7 Å². The molecule has 0 nitrogen and oxygen atoms in total. The molecular formula is C7H8BCl3. The number of hydrogen-bond acceptors (Lipinski definition) is 0. The molecule has 11 heavy (non-hydrogen) atoms. The summed E-state index contributed by atoms with van der Waals surface area (Å²) in [5.74, 6) is 3.63. The maximum absolute atomic E-state index is 6.22. The first-order valence-corrected chi connectivity index (χ1v) is 5.45. The van der Waals surface area contributed by atoms with Crippen molar-refractivity contribution in [2.24, 2.45) is 23.7 Å². The van der Waals surface area contributed by atoms with E-state index < -0.39 is 0 Å². The number of hydrogen-bond donors (Lipinski definition) is 0. The van der Waals surface area contributed by atoms with E-state index in [0.717, 1.165) is 17.8 Å². The van der Waals surface area contributed by atoms with Crippen molar-refractivity contribution in [3.8, 4) is 0 Å². The average molecular weight is 209 g/mol. The SMILES string of the molecule is ClB(Cl)C1C2CC3C(C2Cl)C31. The summed E-state index contributed by atoms with van der Waals surface area (Å²) in [4.78, 5) is 0. The summed E-state index contributed by atoms with van der Waals surface area (Å²) in [6.45, 7) is 0. The van der Waals surface area contributed by atoms with Gasteiger partial charge in [0.15, 0.2) is 0 Å². The monoisotopic (exact) mass is 208 g/mol. The van der Waals surface area contributed by atoms with Crippen molar-refractivity contribution in [3.05, 3.63) is 0 Å². The van der Waals surface area contributed by atoms with Crippen molar-refractivity contribution in [2.45, 2.75) is 17.6 Å². The van der Waals surface area contributed by atoms with Crippen molar-refractivity contribution >= 4 is 40.1 Å². The average Bonchev–Trinajstić information content (AvgIpc) is 2.33. The van der Waals surface area contributed by atoms with Crippen LogP contribution in [-0.4, -0.2) is 10.9 Å². The molecule has 0 aliphatic heterocycles. The van der Waals surface area contributed by atoms with Crippen LogP contribution in [0.5, 0.6) is 0 Å². The van der Waals surface area contributed by atoms with Gasteiger partial charge in [-0.05, 0) is 35.9 Å². The number of alkyl halides is 1. The Bertz CT molecular complexity index is 208. The van der Waals surface area contributed by atoms with Crippen LogP contribution >= 0.6 is 34.5 Å². The maximum Gasteiger partial charge on any atom is 0.355 e. The lowest BCUT2D eigenvalue weighted by molar-refractivity contribution is 0.606. The predicted octanol–water partition coefficient (Wildman–Crippen LogP) is 2.83. The lowest BCUT2D eigenvalue weighted by atomic mass is 9.77. The van der Waals surface area contributed by atoms with Crippen molar-refractivity contribution in [2.75, 3.05) is 0 Å². The van der Waals surface area contributed by atoms with E-state index in [1.807, 2.05) is 0 Å². The molecule has 60 valence electrons. The Hall–Kier alpha value is 0.935. The van der Waals surface area contributed by atoms with Crippen LogP contribution in [0.1, 0.15) is 6.42 Å².